The average Bonchev–Trinajstić information content (AvgIpc) is 2.47. The first-order valence-electron chi connectivity index (χ1n) is 5.86. The Labute approximate surface area is 93.4 Å². The van der Waals surface area contributed by atoms with Crippen molar-refractivity contribution >= 4 is 5.97 Å². The van der Waals surface area contributed by atoms with Gasteiger partial charge in [0.15, 0.2) is 0 Å². The summed E-state index contributed by atoms with van der Waals surface area (Å²) in [5, 5.41) is 0. The molecule has 1 rings (SSSR count). The molecule has 0 aromatic carbocycles. The van der Waals surface area contributed by atoms with Crippen molar-refractivity contribution in [2.45, 2.75) is 54.4 Å². The number of esters is 1. The second-order valence-corrected chi connectivity index (χ2v) is 6.28. The maximum Gasteiger partial charge on any atom is 0.313 e. The zero-order valence-corrected chi connectivity index (χ0v) is 10.9. The van der Waals surface area contributed by atoms with Crippen LogP contribution in [0.2, 0.25) is 0 Å². The summed E-state index contributed by atoms with van der Waals surface area (Å²) >= 11 is 0. The van der Waals surface area contributed by atoms with Gasteiger partial charge < -0.3 is 4.74 Å². The summed E-state index contributed by atoms with van der Waals surface area (Å²) in [7, 11) is 0. The molecule has 0 spiro atoms. The van der Waals surface area contributed by atoms with Gasteiger partial charge in [0, 0.05) is 0 Å². The third kappa shape index (κ3) is 1.58. The minimum absolute atomic E-state index is 0.00116. The van der Waals surface area contributed by atoms with Crippen molar-refractivity contribution in [1.82, 2.24) is 0 Å². The molecular weight excluding hydrogens is 188 g/mol. The van der Waals surface area contributed by atoms with Crippen molar-refractivity contribution in [3.05, 3.63) is 0 Å². The Morgan fingerprint density at radius 1 is 1.27 bits per heavy atom. The molecule has 0 amide bonds. The second-order valence-electron chi connectivity index (χ2n) is 6.28. The Hall–Kier alpha value is -0.530. The normalized spacial score (nSPS) is 28.0. The highest BCUT2D eigenvalue weighted by atomic mass is 16.5. The summed E-state index contributed by atoms with van der Waals surface area (Å²) in [5.41, 5.74) is -0.367. The molecule has 1 saturated heterocycles. The van der Waals surface area contributed by atoms with Crippen molar-refractivity contribution in [2.75, 3.05) is 6.61 Å². The third-order valence-corrected chi connectivity index (χ3v) is 4.38. The van der Waals surface area contributed by atoms with E-state index in [2.05, 4.69) is 41.5 Å². The molecule has 2 heteroatoms. The highest BCUT2D eigenvalue weighted by Gasteiger charge is 2.60. The summed E-state index contributed by atoms with van der Waals surface area (Å²) in [6, 6.07) is 0. The van der Waals surface area contributed by atoms with E-state index < -0.39 is 0 Å². The summed E-state index contributed by atoms with van der Waals surface area (Å²) < 4.78 is 5.24. The van der Waals surface area contributed by atoms with E-state index in [1.165, 1.54) is 0 Å². The van der Waals surface area contributed by atoms with Crippen molar-refractivity contribution in [3.8, 4) is 0 Å². The van der Waals surface area contributed by atoms with Gasteiger partial charge in [-0.05, 0) is 23.7 Å². The van der Waals surface area contributed by atoms with Crippen LogP contribution in [0.25, 0.3) is 0 Å². The van der Waals surface area contributed by atoms with Crippen LogP contribution in [0.3, 0.4) is 0 Å². The molecule has 15 heavy (non-hydrogen) atoms. The molecule has 0 aliphatic carbocycles. The predicted molar refractivity (Wildman–Crippen MR) is 61.5 cm³/mol. The fraction of sp³-hybridized carbons (Fsp3) is 0.923. The predicted octanol–water partition coefficient (Wildman–Crippen LogP) is 3.40. The number of hydrogen-bond acceptors (Lipinski definition) is 2. The molecule has 1 heterocycles. The van der Waals surface area contributed by atoms with Gasteiger partial charge >= 0.3 is 5.97 Å². The number of ether oxygens (including phenoxy) is 1. The van der Waals surface area contributed by atoms with Crippen molar-refractivity contribution in [3.63, 3.8) is 0 Å². The first-order chi connectivity index (χ1) is 6.69. The van der Waals surface area contributed by atoms with Gasteiger partial charge in [-0.2, -0.15) is 0 Å². The summed E-state index contributed by atoms with van der Waals surface area (Å²) in [6.07, 6.45) is 1.86. The van der Waals surface area contributed by atoms with Gasteiger partial charge in [0.1, 0.15) is 0 Å². The fourth-order valence-corrected chi connectivity index (χ4v) is 3.13. The zero-order chi connectivity index (χ0) is 11.9. The van der Waals surface area contributed by atoms with Crippen molar-refractivity contribution < 1.29 is 9.53 Å². The van der Waals surface area contributed by atoms with E-state index in [0.717, 1.165) is 12.8 Å². The van der Waals surface area contributed by atoms with E-state index in [-0.39, 0.29) is 22.2 Å². The van der Waals surface area contributed by atoms with Gasteiger partial charge in [-0.25, -0.2) is 0 Å². The maximum atomic E-state index is 12.1. The molecule has 0 saturated carbocycles. The van der Waals surface area contributed by atoms with Crippen LogP contribution in [0.15, 0.2) is 0 Å². The Balaban J connectivity index is 3.26. The van der Waals surface area contributed by atoms with E-state index in [1.807, 2.05) is 0 Å². The molecule has 1 aliphatic rings. The molecule has 0 radical (unpaired) electrons. The summed E-state index contributed by atoms with van der Waals surface area (Å²) in [4.78, 5) is 12.1. The van der Waals surface area contributed by atoms with Crippen molar-refractivity contribution in [1.29, 1.82) is 0 Å². The first kappa shape index (κ1) is 12.5. The van der Waals surface area contributed by atoms with E-state index in [4.69, 9.17) is 4.74 Å². The standard InChI is InChI=1S/C13H24O2/c1-7-12(5,6)13(11(2,3)4)8-9-15-10(13)14/h7-9H2,1-6H3. The fourth-order valence-electron chi connectivity index (χ4n) is 3.13. The molecule has 1 unspecified atom stereocenters. The van der Waals surface area contributed by atoms with Gasteiger partial charge in [-0.3, -0.25) is 4.79 Å². The van der Waals surface area contributed by atoms with Crippen LogP contribution in [-0.4, -0.2) is 12.6 Å². The lowest BCUT2D eigenvalue weighted by Gasteiger charge is -2.49. The van der Waals surface area contributed by atoms with Crippen LogP contribution in [0, 0.1) is 16.2 Å². The summed E-state index contributed by atoms with van der Waals surface area (Å²) in [6.45, 7) is 13.6. The third-order valence-electron chi connectivity index (χ3n) is 4.38. The van der Waals surface area contributed by atoms with Gasteiger partial charge in [0.25, 0.3) is 0 Å². The first-order valence-corrected chi connectivity index (χ1v) is 5.86. The average molecular weight is 212 g/mol. The molecule has 1 aliphatic heterocycles. The molecule has 88 valence electrons. The minimum Gasteiger partial charge on any atom is -0.465 e. The lowest BCUT2D eigenvalue weighted by Crippen LogP contribution is -2.50. The highest BCUT2D eigenvalue weighted by Crippen LogP contribution is 2.58. The molecule has 0 aromatic heterocycles. The lowest BCUT2D eigenvalue weighted by molar-refractivity contribution is -0.161. The maximum absolute atomic E-state index is 12.1. The van der Waals surface area contributed by atoms with E-state index >= 15 is 0 Å². The molecule has 1 atom stereocenters. The van der Waals surface area contributed by atoms with Crippen molar-refractivity contribution in [2.24, 2.45) is 16.2 Å². The van der Waals surface area contributed by atoms with E-state index in [0.29, 0.717) is 6.61 Å². The monoisotopic (exact) mass is 212 g/mol. The molecular formula is C13H24O2. The highest BCUT2D eigenvalue weighted by molar-refractivity contribution is 5.80. The van der Waals surface area contributed by atoms with Gasteiger partial charge in [0.2, 0.25) is 0 Å². The van der Waals surface area contributed by atoms with E-state index in [1.54, 1.807) is 0 Å². The second kappa shape index (κ2) is 3.50. The van der Waals surface area contributed by atoms with E-state index in [9.17, 15) is 4.79 Å². The number of rotatable bonds is 2. The van der Waals surface area contributed by atoms with Crippen LogP contribution in [0.5, 0.6) is 0 Å². The number of cyclic esters (lactones) is 1. The largest absolute Gasteiger partial charge is 0.465 e. The Morgan fingerprint density at radius 3 is 2.07 bits per heavy atom. The topological polar surface area (TPSA) is 26.3 Å². The van der Waals surface area contributed by atoms with Gasteiger partial charge in [-0.15, -0.1) is 0 Å². The quantitative estimate of drug-likeness (QED) is 0.656. The van der Waals surface area contributed by atoms with Crippen LogP contribution in [0.1, 0.15) is 54.4 Å². The SMILES string of the molecule is CCC(C)(C)C1(C(C)(C)C)CCOC1=O. The summed E-state index contributed by atoms with van der Waals surface area (Å²) in [5.74, 6) is 0.00171. The zero-order valence-electron chi connectivity index (χ0n) is 10.9. The molecule has 1 fully saturated rings. The van der Waals surface area contributed by atoms with Crippen LogP contribution >= 0.6 is 0 Å². The Bertz CT molecular complexity index is 260. The smallest absolute Gasteiger partial charge is 0.313 e. The Morgan fingerprint density at radius 2 is 1.80 bits per heavy atom. The van der Waals surface area contributed by atoms with Gasteiger partial charge in [-0.1, -0.05) is 41.5 Å². The molecule has 2 nitrogen and oxygen atoms in total. The van der Waals surface area contributed by atoms with Gasteiger partial charge in [0.05, 0.1) is 12.0 Å². The van der Waals surface area contributed by atoms with Crippen LogP contribution in [0.4, 0.5) is 0 Å². The lowest BCUT2D eigenvalue weighted by atomic mass is 9.52. The number of hydrogen-bond donors (Lipinski definition) is 0. The molecule has 0 bridgehead atoms. The van der Waals surface area contributed by atoms with Crippen LogP contribution in [-0.2, 0) is 9.53 Å². The number of carbonyl (C=O) groups excluding carboxylic acids is 1. The molecule has 0 N–H and O–H groups in total. The Kier molecular flexibility index (Phi) is 2.92. The minimum atomic E-state index is -0.325. The molecule has 0 aromatic rings. The number of carbonyl (C=O) groups is 1. The van der Waals surface area contributed by atoms with Crippen LogP contribution < -0.4 is 0 Å².